The van der Waals surface area contributed by atoms with Crippen LogP contribution in [0.1, 0.15) is 11.1 Å². The number of halogens is 1. The molecule has 0 aromatic heterocycles. The number of nitrogens with one attached hydrogen (secondary N) is 1. The first-order valence-corrected chi connectivity index (χ1v) is 8.33. The van der Waals surface area contributed by atoms with E-state index >= 15 is 0 Å². The Bertz CT molecular complexity index is 480. The molecule has 2 rings (SSSR count). The zero-order chi connectivity index (χ0) is 13.5. The monoisotopic (exact) mass is 335 g/mol. The lowest BCUT2D eigenvalue weighted by atomic mass is 10.1. The highest BCUT2D eigenvalue weighted by molar-refractivity contribution is 9.10. The van der Waals surface area contributed by atoms with Crippen LogP contribution in [-0.4, -0.2) is 12.3 Å². The molecular weight excluding hydrogens is 318 g/mol. The lowest BCUT2D eigenvalue weighted by molar-refractivity contribution is 1.21. The Labute approximate surface area is 127 Å². The molecule has 0 aliphatic rings. The Balaban J connectivity index is 1.71. The van der Waals surface area contributed by atoms with Crippen molar-refractivity contribution >= 4 is 33.4 Å². The maximum Gasteiger partial charge on any atom is 0.0484 e. The molecule has 0 amide bonds. The molecule has 1 nitrogen and oxygen atoms in total. The molecule has 1 N–H and O–H groups in total. The van der Waals surface area contributed by atoms with E-state index in [0.717, 1.165) is 22.5 Å². The highest BCUT2D eigenvalue weighted by Crippen LogP contribution is 2.21. The number of thioether (sulfide) groups is 1. The van der Waals surface area contributed by atoms with Gasteiger partial charge in [-0.05, 0) is 46.1 Å². The van der Waals surface area contributed by atoms with Crippen molar-refractivity contribution in [3.05, 3.63) is 64.1 Å². The highest BCUT2D eigenvalue weighted by Gasteiger charge is 1.99. The lowest BCUT2D eigenvalue weighted by Gasteiger charge is -2.09. The van der Waals surface area contributed by atoms with E-state index < -0.39 is 0 Å². The summed E-state index contributed by atoms with van der Waals surface area (Å²) in [6, 6.07) is 16.8. The van der Waals surface area contributed by atoms with E-state index in [1.54, 1.807) is 0 Å². The third-order valence-corrected chi connectivity index (χ3v) is 4.65. The van der Waals surface area contributed by atoms with Gasteiger partial charge in [-0.15, -0.1) is 0 Å². The molecule has 0 aliphatic heterocycles. The van der Waals surface area contributed by atoms with Crippen molar-refractivity contribution in [2.75, 3.05) is 17.6 Å². The minimum absolute atomic E-state index is 0.985. The van der Waals surface area contributed by atoms with Gasteiger partial charge in [-0.1, -0.05) is 36.4 Å². The van der Waals surface area contributed by atoms with Gasteiger partial charge in [0.2, 0.25) is 0 Å². The fraction of sp³-hybridized carbons (Fsp3) is 0.250. The van der Waals surface area contributed by atoms with E-state index in [1.165, 1.54) is 16.8 Å². The van der Waals surface area contributed by atoms with E-state index in [1.807, 2.05) is 23.9 Å². The number of rotatable bonds is 6. The van der Waals surface area contributed by atoms with E-state index in [9.17, 15) is 0 Å². The van der Waals surface area contributed by atoms with E-state index in [0.29, 0.717) is 0 Å². The summed E-state index contributed by atoms with van der Waals surface area (Å²) in [5.41, 5.74) is 3.99. The fourth-order valence-electron chi connectivity index (χ4n) is 1.82. The topological polar surface area (TPSA) is 12.0 Å². The average molecular weight is 336 g/mol. The van der Waals surface area contributed by atoms with Crippen molar-refractivity contribution < 1.29 is 0 Å². The van der Waals surface area contributed by atoms with Crippen molar-refractivity contribution in [3.63, 3.8) is 0 Å². The van der Waals surface area contributed by atoms with Crippen molar-refractivity contribution in [2.24, 2.45) is 0 Å². The van der Waals surface area contributed by atoms with Gasteiger partial charge in [-0.2, -0.15) is 11.8 Å². The van der Waals surface area contributed by atoms with Crippen LogP contribution in [-0.2, 0) is 5.75 Å². The standard InChI is InChI=1S/C16H18BrNS/c1-13-6-2-3-7-14(13)12-19-11-10-18-16-9-5-4-8-15(16)17/h2-9,18H,10-12H2,1H3. The third kappa shape index (κ3) is 4.59. The Morgan fingerprint density at radius 2 is 1.79 bits per heavy atom. The Morgan fingerprint density at radius 1 is 1.05 bits per heavy atom. The van der Waals surface area contributed by atoms with Crippen LogP contribution in [0, 0.1) is 6.92 Å². The SMILES string of the molecule is Cc1ccccc1CSCCNc1ccccc1Br. The van der Waals surface area contributed by atoms with Crippen LogP contribution >= 0.6 is 27.7 Å². The van der Waals surface area contributed by atoms with Crippen molar-refractivity contribution in [1.29, 1.82) is 0 Å². The molecule has 0 atom stereocenters. The van der Waals surface area contributed by atoms with Crippen molar-refractivity contribution in [3.8, 4) is 0 Å². The lowest BCUT2D eigenvalue weighted by Crippen LogP contribution is -2.04. The molecule has 19 heavy (non-hydrogen) atoms. The van der Waals surface area contributed by atoms with Gasteiger partial charge in [-0.25, -0.2) is 0 Å². The minimum atomic E-state index is 0.985. The summed E-state index contributed by atoms with van der Waals surface area (Å²) in [7, 11) is 0. The third-order valence-electron chi connectivity index (χ3n) is 2.95. The van der Waals surface area contributed by atoms with E-state index in [2.05, 4.69) is 64.6 Å². The second kappa shape index (κ2) is 7.61. The predicted octanol–water partition coefficient (Wildman–Crippen LogP) is 5.10. The molecule has 0 saturated carbocycles. The summed E-state index contributed by atoms with van der Waals surface area (Å²) in [4.78, 5) is 0. The normalized spacial score (nSPS) is 10.4. The first-order chi connectivity index (χ1) is 9.27. The van der Waals surface area contributed by atoms with Crippen LogP contribution in [0.25, 0.3) is 0 Å². The smallest absolute Gasteiger partial charge is 0.0484 e. The van der Waals surface area contributed by atoms with E-state index in [4.69, 9.17) is 0 Å². The van der Waals surface area contributed by atoms with Crippen LogP contribution in [0.15, 0.2) is 53.0 Å². The number of hydrogen-bond donors (Lipinski definition) is 1. The number of benzene rings is 2. The Morgan fingerprint density at radius 3 is 2.58 bits per heavy atom. The van der Waals surface area contributed by atoms with E-state index in [-0.39, 0.29) is 0 Å². The summed E-state index contributed by atoms with van der Waals surface area (Å²) in [6.45, 7) is 3.16. The molecule has 0 bridgehead atoms. The molecule has 0 unspecified atom stereocenters. The Kier molecular flexibility index (Phi) is 5.80. The van der Waals surface area contributed by atoms with Crippen LogP contribution in [0.3, 0.4) is 0 Å². The molecule has 2 aromatic rings. The quantitative estimate of drug-likeness (QED) is 0.736. The number of aryl methyl sites for hydroxylation is 1. The van der Waals surface area contributed by atoms with Gasteiger partial charge in [0.1, 0.15) is 0 Å². The molecule has 100 valence electrons. The van der Waals surface area contributed by atoms with Crippen LogP contribution < -0.4 is 5.32 Å². The van der Waals surface area contributed by atoms with Crippen LogP contribution in [0.4, 0.5) is 5.69 Å². The van der Waals surface area contributed by atoms with Gasteiger partial charge in [0.25, 0.3) is 0 Å². The van der Waals surface area contributed by atoms with Crippen LogP contribution in [0.5, 0.6) is 0 Å². The second-order valence-electron chi connectivity index (χ2n) is 4.39. The predicted molar refractivity (Wildman–Crippen MR) is 90.0 cm³/mol. The summed E-state index contributed by atoms with van der Waals surface area (Å²) in [5.74, 6) is 2.19. The summed E-state index contributed by atoms with van der Waals surface area (Å²) < 4.78 is 1.12. The van der Waals surface area contributed by atoms with Gasteiger partial charge < -0.3 is 5.32 Å². The zero-order valence-corrected chi connectivity index (χ0v) is 13.4. The number of para-hydroxylation sites is 1. The second-order valence-corrected chi connectivity index (χ2v) is 6.35. The van der Waals surface area contributed by atoms with Crippen molar-refractivity contribution in [2.45, 2.75) is 12.7 Å². The number of anilines is 1. The molecular formula is C16H18BrNS. The van der Waals surface area contributed by atoms with Gasteiger partial charge in [0, 0.05) is 28.2 Å². The van der Waals surface area contributed by atoms with Gasteiger partial charge >= 0.3 is 0 Å². The zero-order valence-electron chi connectivity index (χ0n) is 11.0. The fourth-order valence-corrected chi connectivity index (χ4v) is 3.18. The first kappa shape index (κ1) is 14.5. The molecule has 0 saturated heterocycles. The first-order valence-electron chi connectivity index (χ1n) is 6.38. The number of hydrogen-bond acceptors (Lipinski definition) is 2. The van der Waals surface area contributed by atoms with Gasteiger partial charge in [-0.3, -0.25) is 0 Å². The van der Waals surface area contributed by atoms with Crippen molar-refractivity contribution in [1.82, 2.24) is 0 Å². The molecule has 2 aromatic carbocycles. The molecule has 0 fully saturated rings. The molecule has 0 aliphatic carbocycles. The van der Waals surface area contributed by atoms with Gasteiger partial charge in [0.15, 0.2) is 0 Å². The largest absolute Gasteiger partial charge is 0.383 e. The van der Waals surface area contributed by atoms with Crippen LogP contribution in [0.2, 0.25) is 0 Å². The highest BCUT2D eigenvalue weighted by atomic mass is 79.9. The summed E-state index contributed by atoms with van der Waals surface area (Å²) >= 11 is 5.51. The maximum atomic E-state index is 3.54. The molecule has 0 heterocycles. The molecule has 0 spiro atoms. The van der Waals surface area contributed by atoms with Gasteiger partial charge in [0.05, 0.1) is 0 Å². The average Bonchev–Trinajstić information content (AvgIpc) is 2.42. The molecule has 0 radical (unpaired) electrons. The molecule has 3 heteroatoms. The Hall–Kier alpha value is -0.930. The summed E-state index contributed by atoms with van der Waals surface area (Å²) in [6.07, 6.45) is 0. The maximum absolute atomic E-state index is 3.54. The summed E-state index contributed by atoms with van der Waals surface area (Å²) in [5, 5.41) is 3.45. The minimum Gasteiger partial charge on any atom is -0.383 e.